The predicted octanol–water partition coefficient (Wildman–Crippen LogP) is 4.17. The van der Waals surface area contributed by atoms with E-state index in [2.05, 4.69) is 53.2 Å². The Hall–Kier alpha value is -2.83. The van der Waals surface area contributed by atoms with Crippen molar-refractivity contribution in [2.45, 2.75) is 13.8 Å². The Morgan fingerprint density at radius 1 is 1.00 bits per heavy atom. The molecule has 1 heterocycles. The number of benzene rings is 2. The van der Waals surface area contributed by atoms with Gasteiger partial charge in [-0.05, 0) is 50.2 Å². The predicted molar refractivity (Wildman–Crippen MR) is 109 cm³/mol. The van der Waals surface area contributed by atoms with Crippen LogP contribution >= 0.6 is 0 Å². The molecule has 2 aromatic carbocycles. The molecule has 1 N–H and O–H groups in total. The monoisotopic (exact) mass is 388 g/mol. The Balaban J connectivity index is 1.56. The summed E-state index contributed by atoms with van der Waals surface area (Å²) in [4.78, 5) is 18.5. The molecule has 0 aromatic heterocycles. The summed E-state index contributed by atoms with van der Waals surface area (Å²) in [7, 11) is 0. The first-order chi connectivity index (χ1) is 13.5. The van der Waals surface area contributed by atoms with E-state index in [0.29, 0.717) is 26.2 Å². The van der Waals surface area contributed by atoms with Crippen LogP contribution in [-0.2, 0) is 0 Å². The van der Waals surface area contributed by atoms with Crippen LogP contribution in [0.15, 0.2) is 42.5 Å². The lowest BCUT2D eigenvalue weighted by molar-refractivity contribution is 0.208. The van der Waals surface area contributed by atoms with Gasteiger partial charge >= 0.3 is 6.03 Å². The summed E-state index contributed by atoms with van der Waals surface area (Å²) in [5, 5.41) is 2.52. The number of rotatable bonds is 5. The van der Waals surface area contributed by atoms with Crippen molar-refractivity contribution in [3.05, 3.63) is 54.1 Å². The number of carbonyl (C=O) groups is 1. The number of halogens is 2. The van der Waals surface area contributed by atoms with Gasteiger partial charge in [-0.25, -0.2) is 13.6 Å². The van der Waals surface area contributed by atoms with Gasteiger partial charge in [0.1, 0.15) is 11.6 Å². The van der Waals surface area contributed by atoms with Crippen molar-refractivity contribution < 1.29 is 13.6 Å². The average molecular weight is 388 g/mol. The van der Waals surface area contributed by atoms with E-state index in [1.807, 2.05) is 0 Å². The summed E-state index contributed by atoms with van der Waals surface area (Å²) in [5.74, 6) is -1.45. The number of hydrogen-bond acceptors (Lipinski definition) is 3. The van der Waals surface area contributed by atoms with Crippen LogP contribution in [0.5, 0.6) is 0 Å². The molecule has 150 valence electrons. The van der Waals surface area contributed by atoms with Gasteiger partial charge in [0.2, 0.25) is 0 Å². The van der Waals surface area contributed by atoms with E-state index in [1.165, 1.54) is 11.8 Å². The van der Waals surface area contributed by atoms with Crippen molar-refractivity contribution in [3.8, 4) is 0 Å². The summed E-state index contributed by atoms with van der Waals surface area (Å²) < 4.78 is 26.7. The molecule has 1 saturated heterocycles. The number of nitrogens with one attached hydrogen (secondary N) is 1. The lowest BCUT2D eigenvalue weighted by Crippen LogP contribution is -2.50. The normalized spacial score (nSPS) is 14.1. The van der Waals surface area contributed by atoms with Gasteiger partial charge in [-0.1, -0.05) is 0 Å². The highest BCUT2D eigenvalue weighted by atomic mass is 19.1. The topological polar surface area (TPSA) is 38.8 Å². The van der Waals surface area contributed by atoms with Crippen molar-refractivity contribution in [2.75, 3.05) is 54.4 Å². The number of amides is 2. The fourth-order valence-corrected chi connectivity index (χ4v) is 3.42. The molecule has 2 amide bonds. The molecular weight excluding hydrogens is 362 g/mol. The molecule has 0 bridgehead atoms. The maximum atomic E-state index is 13.7. The first kappa shape index (κ1) is 19.9. The number of carbonyl (C=O) groups excluding carboxylic acids is 1. The van der Waals surface area contributed by atoms with E-state index in [0.717, 1.165) is 30.9 Å². The maximum Gasteiger partial charge on any atom is 0.322 e. The van der Waals surface area contributed by atoms with Crippen molar-refractivity contribution >= 4 is 23.1 Å². The summed E-state index contributed by atoms with van der Waals surface area (Å²) in [6.07, 6.45) is 0. The van der Waals surface area contributed by atoms with Crippen molar-refractivity contribution in [1.29, 1.82) is 0 Å². The number of nitrogens with zero attached hydrogens (tertiary/aromatic N) is 3. The van der Waals surface area contributed by atoms with Gasteiger partial charge in [0.15, 0.2) is 0 Å². The van der Waals surface area contributed by atoms with E-state index >= 15 is 0 Å². The van der Waals surface area contributed by atoms with Gasteiger partial charge in [-0.15, -0.1) is 0 Å². The van der Waals surface area contributed by atoms with Crippen molar-refractivity contribution in [1.82, 2.24) is 4.90 Å². The smallest absolute Gasteiger partial charge is 0.322 e. The average Bonchev–Trinajstić information content (AvgIpc) is 2.71. The Bertz CT molecular complexity index is 801. The van der Waals surface area contributed by atoms with Crippen LogP contribution in [0.25, 0.3) is 0 Å². The quantitative estimate of drug-likeness (QED) is 0.836. The number of piperazine rings is 1. The Labute approximate surface area is 164 Å². The highest BCUT2D eigenvalue weighted by Gasteiger charge is 2.22. The molecule has 3 rings (SSSR count). The fourth-order valence-electron chi connectivity index (χ4n) is 3.42. The highest BCUT2D eigenvalue weighted by molar-refractivity contribution is 5.89. The number of anilines is 3. The molecule has 28 heavy (non-hydrogen) atoms. The fraction of sp³-hybridized carbons (Fsp3) is 0.381. The largest absolute Gasteiger partial charge is 0.372 e. The van der Waals surface area contributed by atoms with Crippen LogP contribution in [0.3, 0.4) is 0 Å². The van der Waals surface area contributed by atoms with Crippen LogP contribution < -0.4 is 15.1 Å². The molecule has 0 aliphatic carbocycles. The first-order valence-electron chi connectivity index (χ1n) is 9.62. The van der Waals surface area contributed by atoms with Crippen LogP contribution in [-0.4, -0.2) is 50.2 Å². The molecular formula is C21H26F2N4O. The number of hydrogen-bond donors (Lipinski definition) is 1. The zero-order chi connectivity index (χ0) is 20.1. The summed E-state index contributed by atoms with van der Waals surface area (Å²) in [5.41, 5.74) is 2.31. The van der Waals surface area contributed by atoms with Gasteiger partial charge in [0, 0.05) is 56.7 Å². The third-order valence-electron chi connectivity index (χ3n) is 5.08. The third-order valence-corrected chi connectivity index (χ3v) is 5.08. The Morgan fingerprint density at radius 2 is 1.64 bits per heavy atom. The van der Waals surface area contributed by atoms with Crippen LogP contribution in [0.1, 0.15) is 13.8 Å². The van der Waals surface area contributed by atoms with Gasteiger partial charge in [0.25, 0.3) is 0 Å². The molecule has 0 atom stereocenters. The highest BCUT2D eigenvalue weighted by Crippen LogP contribution is 2.22. The molecule has 1 aliphatic rings. The Kier molecular flexibility index (Phi) is 6.34. The lowest BCUT2D eigenvalue weighted by atomic mass is 10.2. The lowest BCUT2D eigenvalue weighted by Gasteiger charge is -2.36. The van der Waals surface area contributed by atoms with E-state index < -0.39 is 11.6 Å². The van der Waals surface area contributed by atoms with E-state index in [-0.39, 0.29) is 11.7 Å². The van der Waals surface area contributed by atoms with Crippen LogP contribution in [0, 0.1) is 11.6 Å². The number of urea groups is 1. The zero-order valence-corrected chi connectivity index (χ0v) is 16.3. The van der Waals surface area contributed by atoms with Gasteiger partial charge < -0.3 is 20.0 Å². The van der Waals surface area contributed by atoms with Gasteiger partial charge in [-0.3, -0.25) is 0 Å². The van der Waals surface area contributed by atoms with E-state index in [4.69, 9.17) is 0 Å². The zero-order valence-electron chi connectivity index (χ0n) is 16.3. The second kappa shape index (κ2) is 8.91. The molecule has 1 aliphatic heterocycles. The SMILES string of the molecule is CCN(CC)c1ccc(N2CCN(C(=O)Nc3ccc(F)cc3F)CC2)cc1. The molecule has 0 unspecified atom stereocenters. The van der Waals surface area contributed by atoms with Crippen LogP contribution in [0.4, 0.5) is 30.6 Å². The van der Waals surface area contributed by atoms with Gasteiger partial charge in [0.05, 0.1) is 5.69 Å². The van der Waals surface area contributed by atoms with Crippen molar-refractivity contribution in [2.24, 2.45) is 0 Å². The summed E-state index contributed by atoms with van der Waals surface area (Å²) >= 11 is 0. The molecule has 2 aromatic rings. The van der Waals surface area contributed by atoms with Crippen LogP contribution in [0.2, 0.25) is 0 Å². The van der Waals surface area contributed by atoms with Gasteiger partial charge in [-0.2, -0.15) is 0 Å². The maximum absolute atomic E-state index is 13.7. The molecule has 1 fully saturated rings. The van der Waals surface area contributed by atoms with E-state index in [9.17, 15) is 13.6 Å². The minimum Gasteiger partial charge on any atom is -0.372 e. The second-order valence-corrected chi connectivity index (χ2v) is 6.72. The minimum absolute atomic E-state index is 0.0131. The Morgan fingerprint density at radius 3 is 2.21 bits per heavy atom. The molecule has 7 heteroatoms. The third kappa shape index (κ3) is 4.52. The molecule has 5 nitrogen and oxygen atoms in total. The summed E-state index contributed by atoms with van der Waals surface area (Å²) in [6.45, 7) is 8.68. The minimum atomic E-state index is -0.778. The van der Waals surface area contributed by atoms with E-state index in [1.54, 1.807) is 4.90 Å². The first-order valence-corrected chi connectivity index (χ1v) is 9.62. The standard InChI is InChI=1S/C21H26F2N4O/c1-3-25(4-2)17-6-8-18(9-7-17)26-11-13-27(14-12-26)21(28)24-20-10-5-16(22)15-19(20)23/h5-10,15H,3-4,11-14H2,1-2H3,(H,24,28). The molecule has 0 spiro atoms. The summed E-state index contributed by atoms with van der Waals surface area (Å²) in [6, 6.07) is 11.2. The second-order valence-electron chi connectivity index (χ2n) is 6.72. The molecule has 0 saturated carbocycles. The van der Waals surface area contributed by atoms with Crippen molar-refractivity contribution in [3.63, 3.8) is 0 Å². The molecule has 0 radical (unpaired) electrons.